The van der Waals surface area contributed by atoms with Crippen LogP contribution in [0.15, 0.2) is 0 Å². The van der Waals surface area contributed by atoms with E-state index in [-0.39, 0.29) is 12.0 Å². The van der Waals surface area contributed by atoms with Gasteiger partial charge in [0.25, 0.3) is 0 Å². The number of aliphatic hydroxyl groups is 1. The van der Waals surface area contributed by atoms with E-state index < -0.39 is 5.60 Å². The average Bonchev–Trinajstić information content (AvgIpc) is 2.42. The lowest BCUT2D eigenvalue weighted by atomic mass is 9.79. The van der Waals surface area contributed by atoms with E-state index in [9.17, 15) is 9.90 Å². The molecule has 2 rings (SSSR count). The van der Waals surface area contributed by atoms with E-state index in [1.54, 1.807) is 0 Å². The molecule has 1 atom stereocenters. The van der Waals surface area contributed by atoms with Gasteiger partial charge in [0, 0.05) is 19.6 Å². The molecule has 1 aliphatic heterocycles. The van der Waals surface area contributed by atoms with Crippen molar-refractivity contribution in [3.05, 3.63) is 0 Å². The zero-order valence-electron chi connectivity index (χ0n) is 11.8. The fraction of sp³-hybridized carbons (Fsp3) is 0.929. The maximum Gasteiger partial charge on any atom is 0.222 e. The molecule has 5 heteroatoms. The first-order chi connectivity index (χ1) is 9.07. The number of carbonyl (C=O) groups is 1. The SMILES string of the molecule is CC1CCC(O)(CNC(=O)CC2CNCCO2)CC1. The summed E-state index contributed by atoms with van der Waals surface area (Å²) in [6.45, 7) is 4.84. The first kappa shape index (κ1) is 14.8. The van der Waals surface area contributed by atoms with E-state index in [2.05, 4.69) is 17.6 Å². The van der Waals surface area contributed by atoms with Crippen LogP contribution in [0.2, 0.25) is 0 Å². The Labute approximate surface area is 115 Å². The van der Waals surface area contributed by atoms with Gasteiger partial charge in [0.15, 0.2) is 0 Å². The fourth-order valence-electron chi connectivity index (χ4n) is 2.77. The summed E-state index contributed by atoms with van der Waals surface area (Å²) >= 11 is 0. The maximum atomic E-state index is 11.8. The topological polar surface area (TPSA) is 70.6 Å². The molecule has 19 heavy (non-hydrogen) atoms. The third-order valence-electron chi connectivity index (χ3n) is 4.24. The molecular formula is C14H26N2O3. The van der Waals surface area contributed by atoms with Gasteiger partial charge in [-0.3, -0.25) is 4.79 Å². The Morgan fingerprint density at radius 1 is 1.47 bits per heavy atom. The second-order valence-electron chi connectivity index (χ2n) is 6.08. The van der Waals surface area contributed by atoms with Gasteiger partial charge in [0.1, 0.15) is 0 Å². The van der Waals surface area contributed by atoms with Gasteiger partial charge < -0.3 is 20.5 Å². The lowest BCUT2D eigenvalue weighted by Gasteiger charge is -2.35. The Bertz CT molecular complexity index is 295. The van der Waals surface area contributed by atoms with E-state index in [4.69, 9.17) is 4.74 Å². The molecule has 1 heterocycles. The van der Waals surface area contributed by atoms with Gasteiger partial charge in [-0.2, -0.15) is 0 Å². The fourth-order valence-corrected chi connectivity index (χ4v) is 2.77. The molecule has 1 aliphatic carbocycles. The summed E-state index contributed by atoms with van der Waals surface area (Å²) in [6, 6.07) is 0. The Morgan fingerprint density at radius 3 is 2.84 bits per heavy atom. The smallest absolute Gasteiger partial charge is 0.222 e. The molecule has 0 aromatic heterocycles. The van der Waals surface area contributed by atoms with Crippen molar-refractivity contribution in [2.75, 3.05) is 26.2 Å². The molecule has 2 aliphatic rings. The van der Waals surface area contributed by atoms with Crippen molar-refractivity contribution in [3.63, 3.8) is 0 Å². The molecule has 0 aromatic rings. The van der Waals surface area contributed by atoms with Crippen LogP contribution >= 0.6 is 0 Å². The first-order valence-electron chi connectivity index (χ1n) is 7.39. The lowest BCUT2D eigenvalue weighted by Crippen LogP contribution is -2.47. The minimum atomic E-state index is -0.701. The minimum Gasteiger partial charge on any atom is -0.388 e. The standard InChI is InChI=1S/C14H26N2O3/c1-11-2-4-14(18,5-3-11)10-16-13(17)8-12-9-15-6-7-19-12/h11-12,15,18H,2-10H2,1H3,(H,16,17). The van der Waals surface area contributed by atoms with Crippen LogP contribution < -0.4 is 10.6 Å². The van der Waals surface area contributed by atoms with E-state index in [1.165, 1.54) is 0 Å². The number of amides is 1. The molecule has 2 fully saturated rings. The third kappa shape index (κ3) is 4.75. The van der Waals surface area contributed by atoms with Crippen molar-refractivity contribution in [2.45, 2.75) is 50.7 Å². The van der Waals surface area contributed by atoms with Crippen LogP contribution in [0.25, 0.3) is 0 Å². The quantitative estimate of drug-likeness (QED) is 0.692. The Hall–Kier alpha value is -0.650. The number of carbonyl (C=O) groups excluding carboxylic acids is 1. The van der Waals surface area contributed by atoms with Gasteiger partial charge in [0.05, 0.1) is 24.7 Å². The van der Waals surface area contributed by atoms with Crippen molar-refractivity contribution in [1.82, 2.24) is 10.6 Å². The third-order valence-corrected chi connectivity index (χ3v) is 4.24. The number of ether oxygens (including phenoxy) is 1. The predicted octanol–water partition coefficient (Wildman–Crippen LogP) is 0.422. The second-order valence-corrected chi connectivity index (χ2v) is 6.08. The van der Waals surface area contributed by atoms with Crippen LogP contribution in [0.3, 0.4) is 0 Å². The summed E-state index contributed by atoms with van der Waals surface area (Å²) in [7, 11) is 0. The van der Waals surface area contributed by atoms with E-state index in [0.29, 0.717) is 25.5 Å². The number of hydrogen-bond acceptors (Lipinski definition) is 4. The average molecular weight is 270 g/mol. The van der Waals surface area contributed by atoms with E-state index in [0.717, 1.165) is 38.8 Å². The minimum absolute atomic E-state index is 0.0271. The summed E-state index contributed by atoms with van der Waals surface area (Å²) < 4.78 is 5.49. The van der Waals surface area contributed by atoms with Crippen molar-refractivity contribution >= 4 is 5.91 Å². The lowest BCUT2D eigenvalue weighted by molar-refractivity contribution is -0.126. The van der Waals surface area contributed by atoms with Crippen LogP contribution in [0.4, 0.5) is 0 Å². The Morgan fingerprint density at radius 2 is 2.21 bits per heavy atom. The Balaban J connectivity index is 1.67. The van der Waals surface area contributed by atoms with Crippen LogP contribution in [-0.4, -0.2) is 49.0 Å². The summed E-state index contributed by atoms with van der Waals surface area (Å²) in [4.78, 5) is 11.8. The molecule has 0 radical (unpaired) electrons. The molecule has 0 aromatic carbocycles. The number of morpholine rings is 1. The van der Waals surface area contributed by atoms with Crippen LogP contribution in [0.1, 0.15) is 39.0 Å². The normalized spacial score (nSPS) is 35.9. The zero-order chi connectivity index (χ0) is 13.7. The molecule has 1 saturated carbocycles. The first-order valence-corrected chi connectivity index (χ1v) is 7.39. The molecule has 3 N–H and O–H groups in total. The highest BCUT2D eigenvalue weighted by Gasteiger charge is 2.32. The highest BCUT2D eigenvalue weighted by Crippen LogP contribution is 2.31. The number of rotatable bonds is 4. The van der Waals surface area contributed by atoms with E-state index >= 15 is 0 Å². The molecule has 110 valence electrons. The highest BCUT2D eigenvalue weighted by atomic mass is 16.5. The van der Waals surface area contributed by atoms with Gasteiger partial charge >= 0.3 is 0 Å². The van der Waals surface area contributed by atoms with Gasteiger partial charge in [-0.1, -0.05) is 6.92 Å². The van der Waals surface area contributed by atoms with Crippen molar-refractivity contribution in [3.8, 4) is 0 Å². The molecule has 0 bridgehead atoms. The van der Waals surface area contributed by atoms with Crippen molar-refractivity contribution in [1.29, 1.82) is 0 Å². The van der Waals surface area contributed by atoms with Gasteiger partial charge in [-0.05, 0) is 31.6 Å². The molecule has 1 unspecified atom stereocenters. The van der Waals surface area contributed by atoms with Gasteiger partial charge in [0.2, 0.25) is 5.91 Å². The maximum absolute atomic E-state index is 11.8. The predicted molar refractivity (Wildman–Crippen MR) is 72.8 cm³/mol. The highest BCUT2D eigenvalue weighted by molar-refractivity contribution is 5.76. The molecule has 1 saturated heterocycles. The Kier molecular flexibility index (Phi) is 5.19. The second kappa shape index (κ2) is 6.68. The van der Waals surface area contributed by atoms with Crippen LogP contribution in [0, 0.1) is 5.92 Å². The van der Waals surface area contributed by atoms with Gasteiger partial charge in [-0.15, -0.1) is 0 Å². The summed E-state index contributed by atoms with van der Waals surface area (Å²) in [5, 5.41) is 16.4. The molecule has 5 nitrogen and oxygen atoms in total. The molecular weight excluding hydrogens is 244 g/mol. The van der Waals surface area contributed by atoms with Crippen LogP contribution in [0.5, 0.6) is 0 Å². The van der Waals surface area contributed by atoms with Crippen LogP contribution in [-0.2, 0) is 9.53 Å². The largest absolute Gasteiger partial charge is 0.388 e. The number of nitrogens with one attached hydrogen (secondary N) is 2. The molecule has 0 spiro atoms. The number of hydrogen-bond donors (Lipinski definition) is 3. The van der Waals surface area contributed by atoms with E-state index in [1.807, 2.05) is 0 Å². The molecule has 1 amide bonds. The van der Waals surface area contributed by atoms with Crippen molar-refractivity contribution < 1.29 is 14.6 Å². The zero-order valence-corrected chi connectivity index (χ0v) is 11.8. The summed E-state index contributed by atoms with van der Waals surface area (Å²) in [5.41, 5.74) is -0.701. The summed E-state index contributed by atoms with van der Waals surface area (Å²) in [5.74, 6) is 0.665. The van der Waals surface area contributed by atoms with Crippen molar-refractivity contribution in [2.24, 2.45) is 5.92 Å². The van der Waals surface area contributed by atoms with Gasteiger partial charge in [-0.25, -0.2) is 0 Å². The monoisotopic (exact) mass is 270 g/mol. The summed E-state index contributed by atoms with van der Waals surface area (Å²) in [6.07, 6.45) is 4.00.